The van der Waals surface area contributed by atoms with Crippen LogP contribution < -0.4 is 5.32 Å². The Kier molecular flexibility index (Phi) is 3.47. The summed E-state index contributed by atoms with van der Waals surface area (Å²) in [4.78, 5) is 10.9. The van der Waals surface area contributed by atoms with Gasteiger partial charge in [0.05, 0.1) is 5.52 Å². The van der Waals surface area contributed by atoms with Gasteiger partial charge < -0.3 is 5.32 Å². The fourth-order valence-corrected chi connectivity index (χ4v) is 3.35. The van der Waals surface area contributed by atoms with Gasteiger partial charge in [0.25, 0.3) is 0 Å². The van der Waals surface area contributed by atoms with Crippen molar-refractivity contribution in [1.29, 1.82) is 0 Å². The first-order valence-electron chi connectivity index (χ1n) is 7.34. The topological polar surface area (TPSA) is 46.9 Å². The molecular formula is C16H21N3O. The number of carbonyl (C=O) groups is 1. The van der Waals surface area contributed by atoms with Crippen LogP contribution in [0, 0.1) is 0 Å². The van der Waals surface area contributed by atoms with Crippen LogP contribution in [0.25, 0.3) is 10.9 Å². The van der Waals surface area contributed by atoms with E-state index in [0.717, 1.165) is 24.9 Å². The van der Waals surface area contributed by atoms with E-state index in [-0.39, 0.29) is 5.91 Å². The van der Waals surface area contributed by atoms with E-state index in [1.54, 1.807) is 6.92 Å². The Morgan fingerprint density at radius 2 is 2.35 bits per heavy atom. The molecule has 4 nitrogen and oxygen atoms in total. The predicted molar refractivity (Wildman–Crippen MR) is 79.7 cm³/mol. The number of carbonyl (C=O) groups excluding carboxylic acids is 1. The summed E-state index contributed by atoms with van der Waals surface area (Å²) in [6.45, 7) is 2.36. The molecule has 1 aromatic heterocycles. The third kappa shape index (κ3) is 2.42. The van der Waals surface area contributed by atoms with Crippen LogP contribution in [0.1, 0.15) is 43.2 Å². The molecule has 2 aromatic rings. The van der Waals surface area contributed by atoms with Gasteiger partial charge in [-0.2, -0.15) is 5.10 Å². The second-order valence-electron chi connectivity index (χ2n) is 5.73. The summed E-state index contributed by atoms with van der Waals surface area (Å²) >= 11 is 0. The molecule has 20 heavy (non-hydrogen) atoms. The van der Waals surface area contributed by atoms with Gasteiger partial charge in [0.1, 0.15) is 0 Å². The summed E-state index contributed by atoms with van der Waals surface area (Å²) in [5.41, 5.74) is 4.08. The van der Waals surface area contributed by atoms with E-state index in [1.807, 2.05) is 11.7 Å². The highest BCUT2D eigenvalue weighted by Crippen LogP contribution is 2.40. The molecule has 1 N–H and O–H groups in total. The number of aromatic nitrogens is 2. The Hall–Kier alpha value is -1.84. The second kappa shape index (κ2) is 5.27. The maximum Gasteiger partial charge on any atom is 0.216 e. The van der Waals surface area contributed by atoms with Crippen LogP contribution in [0.15, 0.2) is 18.3 Å². The molecule has 1 aromatic carbocycles. The molecule has 4 heteroatoms. The van der Waals surface area contributed by atoms with Crippen molar-refractivity contribution in [3.63, 3.8) is 0 Å². The average Bonchev–Trinajstić information content (AvgIpc) is 2.96. The lowest BCUT2D eigenvalue weighted by Crippen LogP contribution is -2.21. The summed E-state index contributed by atoms with van der Waals surface area (Å²) in [7, 11) is 1.98. The molecule has 1 amide bonds. The minimum atomic E-state index is 0.0615. The predicted octanol–water partition coefficient (Wildman–Crippen LogP) is 2.52. The van der Waals surface area contributed by atoms with Crippen LogP contribution in [-0.2, 0) is 18.3 Å². The first kappa shape index (κ1) is 13.2. The van der Waals surface area contributed by atoms with E-state index in [9.17, 15) is 4.79 Å². The lowest BCUT2D eigenvalue weighted by Gasteiger charge is -2.12. The number of nitrogens with zero attached hydrogens (tertiary/aromatic N) is 2. The largest absolute Gasteiger partial charge is 0.356 e. The SMILES string of the molecule is CC(=O)NCCCC1CCc2ccc3nn(C)cc3c21. The Bertz CT molecular complexity index is 644. The highest BCUT2D eigenvalue weighted by atomic mass is 16.1. The van der Waals surface area contributed by atoms with Crippen LogP contribution >= 0.6 is 0 Å². The highest BCUT2D eigenvalue weighted by molar-refractivity contribution is 5.84. The van der Waals surface area contributed by atoms with Crippen molar-refractivity contribution in [3.8, 4) is 0 Å². The van der Waals surface area contributed by atoms with Crippen LogP contribution in [0.2, 0.25) is 0 Å². The number of hydrogen-bond donors (Lipinski definition) is 1. The molecule has 0 saturated heterocycles. The number of hydrogen-bond acceptors (Lipinski definition) is 2. The molecule has 1 aliphatic carbocycles. The standard InChI is InChI=1S/C16H21N3O/c1-11(20)17-9-3-4-12-5-6-13-7-8-15-14(16(12)13)10-19(2)18-15/h7-8,10,12H,3-6,9H2,1-2H3,(H,17,20). The molecule has 1 heterocycles. The summed E-state index contributed by atoms with van der Waals surface area (Å²) in [5.74, 6) is 0.679. The fourth-order valence-electron chi connectivity index (χ4n) is 3.35. The number of fused-ring (bicyclic) bond motifs is 3. The molecule has 0 spiro atoms. The summed E-state index contributed by atoms with van der Waals surface area (Å²) in [6.07, 6.45) is 6.72. The van der Waals surface area contributed by atoms with Gasteiger partial charge in [0.2, 0.25) is 5.91 Å². The third-order valence-electron chi connectivity index (χ3n) is 4.21. The molecule has 0 aliphatic heterocycles. The Morgan fingerprint density at radius 3 is 3.15 bits per heavy atom. The maximum atomic E-state index is 10.9. The van der Waals surface area contributed by atoms with Crippen molar-refractivity contribution in [2.75, 3.05) is 6.54 Å². The van der Waals surface area contributed by atoms with E-state index in [1.165, 1.54) is 29.4 Å². The molecule has 1 unspecified atom stereocenters. The molecule has 0 radical (unpaired) electrons. The first-order chi connectivity index (χ1) is 9.65. The number of rotatable bonds is 4. The Labute approximate surface area is 119 Å². The van der Waals surface area contributed by atoms with E-state index in [2.05, 4.69) is 28.7 Å². The second-order valence-corrected chi connectivity index (χ2v) is 5.73. The normalized spacial score (nSPS) is 17.4. The Balaban J connectivity index is 1.78. The zero-order chi connectivity index (χ0) is 14.1. The maximum absolute atomic E-state index is 10.9. The molecule has 3 rings (SSSR count). The fraction of sp³-hybridized carbons (Fsp3) is 0.500. The summed E-state index contributed by atoms with van der Waals surface area (Å²) in [6, 6.07) is 4.37. The smallest absolute Gasteiger partial charge is 0.216 e. The van der Waals surface area contributed by atoms with E-state index in [0.29, 0.717) is 5.92 Å². The van der Waals surface area contributed by atoms with Crippen molar-refractivity contribution in [2.24, 2.45) is 7.05 Å². The van der Waals surface area contributed by atoms with Gasteiger partial charge in [-0.15, -0.1) is 0 Å². The summed E-state index contributed by atoms with van der Waals surface area (Å²) < 4.78 is 1.90. The van der Waals surface area contributed by atoms with Crippen LogP contribution in [0.5, 0.6) is 0 Å². The molecule has 1 aliphatic rings. The number of benzene rings is 1. The minimum absolute atomic E-state index is 0.0615. The van der Waals surface area contributed by atoms with Crippen molar-refractivity contribution in [2.45, 2.75) is 38.5 Å². The van der Waals surface area contributed by atoms with Gasteiger partial charge in [-0.3, -0.25) is 9.48 Å². The zero-order valence-electron chi connectivity index (χ0n) is 12.1. The van der Waals surface area contributed by atoms with Crippen molar-refractivity contribution >= 4 is 16.8 Å². The number of amides is 1. The molecule has 106 valence electrons. The van der Waals surface area contributed by atoms with Crippen molar-refractivity contribution < 1.29 is 4.79 Å². The minimum Gasteiger partial charge on any atom is -0.356 e. The highest BCUT2D eigenvalue weighted by Gasteiger charge is 2.25. The molecule has 0 bridgehead atoms. The van der Waals surface area contributed by atoms with Crippen LogP contribution in [-0.4, -0.2) is 22.2 Å². The first-order valence-corrected chi connectivity index (χ1v) is 7.34. The third-order valence-corrected chi connectivity index (χ3v) is 4.21. The van der Waals surface area contributed by atoms with Gasteiger partial charge >= 0.3 is 0 Å². The van der Waals surface area contributed by atoms with Crippen LogP contribution in [0.4, 0.5) is 0 Å². The van der Waals surface area contributed by atoms with E-state index >= 15 is 0 Å². The van der Waals surface area contributed by atoms with Gasteiger partial charge in [-0.25, -0.2) is 0 Å². The zero-order valence-corrected chi connectivity index (χ0v) is 12.1. The Morgan fingerprint density at radius 1 is 1.50 bits per heavy atom. The van der Waals surface area contributed by atoms with Gasteiger partial charge in [-0.1, -0.05) is 6.07 Å². The van der Waals surface area contributed by atoms with Crippen molar-refractivity contribution in [3.05, 3.63) is 29.5 Å². The molecule has 1 atom stereocenters. The molecule has 0 fully saturated rings. The van der Waals surface area contributed by atoms with E-state index in [4.69, 9.17) is 0 Å². The molecular weight excluding hydrogens is 250 g/mol. The molecule has 0 saturated carbocycles. The number of aryl methyl sites for hydroxylation is 2. The van der Waals surface area contributed by atoms with E-state index < -0.39 is 0 Å². The monoisotopic (exact) mass is 271 g/mol. The quantitative estimate of drug-likeness (QED) is 0.869. The van der Waals surface area contributed by atoms with Gasteiger partial charge in [0, 0.05) is 32.1 Å². The van der Waals surface area contributed by atoms with Crippen LogP contribution in [0.3, 0.4) is 0 Å². The van der Waals surface area contributed by atoms with Crippen molar-refractivity contribution in [1.82, 2.24) is 15.1 Å². The van der Waals surface area contributed by atoms with Gasteiger partial charge in [-0.05, 0) is 48.8 Å². The average molecular weight is 271 g/mol. The lowest BCUT2D eigenvalue weighted by atomic mass is 9.93. The number of nitrogens with one attached hydrogen (secondary N) is 1. The lowest BCUT2D eigenvalue weighted by molar-refractivity contribution is -0.118. The summed E-state index contributed by atoms with van der Waals surface area (Å²) in [5, 5.41) is 8.70. The van der Waals surface area contributed by atoms with Gasteiger partial charge in [0.15, 0.2) is 0 Å².